The number of nitrogens with one attached hydrogen (secondary N) is 1. The summed E-state index contributed by atoms with van der Waals surface area (Å²) >= 11 is 0. The van der Waals surface area contributed by atoms with Crippen molar-refractivity contribution in [3.8, 4) is 0 Å². The van der Waals surface area contributed by atoms with Crippen molar-refractivity contribution in [1.29, 1.82) is 0 Å². The van der Waals surface area contributed by atoms with Gasteiger partial charge in [-0.15, -0.1) is 0 Å². The number of likely N-dealkylation sites (N-methyl/N-ethyl adjacent to an activating group) is 1. The normalized spacial score (nSPS) is 37.5. The second-order valence-corrected chi connectivity index (χ2v) is 4.74. The topological polar surface area (TPSA) is 24.5 Å². The van der Waals surface area contributed by atoms with Crippen LogP contribution in [0.4, 0.5) is 0 Å². The van der Waals surface area contributed by atoms with Crippen LogP contribution in [-0.2, 0) is 4.84 Å². The largest absolute Gasteiger partial charge is 0.310 e. The van der Waals surface area contributed by atoms with Gasteiger partial charge in [0.05, 0.1) is 7.11 Å². The molecule has 1 saturated heterocycles. The fraction of sp³-hybridized carbons (Fsp3) is 1.00. The summed E-state index contributed by atoms with van der Waals surface area (Å²) < 4.78 is 0. The molecule has 1 aliphatic carbocycles. The molecule has 0 amide bonds. The molecule has 3 unspecified atom stereocenters. The summed E-state index contributed by atoms with van der Waals surface area (Å²) in [7, 11) is 3.74. The van der Waals surface area contributed by atoms with Crippen LogP contribution in [0, 0.1) is 5.92 Å². The molecule has 82 valence electrons. The molecule has 0 aromatic carbocycles. The maximum absolute atomic E-state index is 5.16. The zero-order valence-electron chi connectivity index (χ0n) is 9.33. The summed E-state index contributed by atoms with van der Waals surface area (Å²) in [6.45, 7) is 1.02. The minimum Gasteiger partial charge on any atom is -0.310 e. The SMILES string of the molecule is CON(C)CC1CC2CCCCC2N1. The van der Waals surface area contributed by atoms with Gasteiger partial charge in [-0.3, -0.25) is 0 Å². The molecule has 0 radical (unpaired) electrons. The Morgan fingerprint density at radius 1 is 1.36 bits per heavy atom. The van der Waals surface area contributed by atoms with Gasteiger partial charge in [-0.1, -0.05) is 12.8 Å². The van der Waals surface area contributed by atoms with Crippen molar-refractivity contribution in [2.75, 3.05) is 20.7 Å². The number of nitrogens with zero attached hydrogens (tertiary/aromatic N) is 1. The predicted molar refractivity (Wildman–Crippen MR) is 56.9 cm³/mol. The molecule has 3 atom stereocenters. The van der Waals surface area contributed by atoms with Gasteiger partial charge in [0.2, 0.25) is 0 Å². The Hall–Kier alpha value is -0.120. The molecule has 14 heavy (non-hydrogen) atoms. The summed E-state index contributed by atoms with van der Waals surface area (Å²) in [6, 6.07) is 1.45. The van der Waals surface area contributed by atoms with Crippen LogP contribution in [0.3, 0.4) is 0 Å². The molecule has 0 bridgehead atoms. The summed E-state index contributed by atoms with van der Waals surface area (Å²) in [5.41, 5.74) is 0. The van der Waals surface area contributed by atoms with Crippen LogP contribution in [0.5, 0.6) is 0 Å². The van der Waals surface area contributed by atoms with Crippen LogP contribution < -0.4 is 5.32 Å². The van der Waals surface area contributed by atoms with Crippen molar-refractivity contribution in [2.24, 2.45) is 5.92 Å². The van der Waals surface area contributed by atoms with Crippen LogP contribution in [0.1, 0.15) is 32.1 Å². The molecule has 0 spiro atoms. The quantitative estimate of drug-likeness (QED) is 0.694. The maximum Gasteiger partial charge on any atom is 0.0575 e. The third kappa shape index (κ3) is 2.27. The van der Waals surface area contributed by atoms with E-state index in [2.05, 4.69) is 5.32 Å². The molecule has 1 N–H and O–H groups in total. The van der Waals surface area contributed by atoms with Crippen LogP contribution >= 0.6 is 0 Å². The Labute approximate surface area is 86.8 Å². The molecule has 3 heteroatoms. The van der Waals surface area contributed by atoms with E-state index >= 15 is 0 Å². The summed E-state index contributed by atoms with van der Waals surface area (Å²) in [5, 5.41) is 5.66. The molecule has 1 aliphatic heterocycles. The Morgan fingerprint density at radius 2 is 2.14 bits per heavy atom. The highest BCUT2D eigenvalue weighted by Gasteiger charge is 2.35. The zero-order chi connectivity index (χ0) is 9.97. The molecule has 3 nitrogen and oxygen atoms in total. The lowest BCUT2D eigenvalue weighted by atomic mass is 9.85. The van der Waals surface area contributed by atoms with E-state index in [0.717, 1.165) is 18.5 Å². The van der Waals surface area contributed by atoms with Gasteiger partial charge in [0.25, 0.3) is 0 Å². The molecule has 1 heterocycles. The van der Waals surface area contributed by atoms with Gasteiger partial charge in [0.1, 0.15) is 0 Å². The van der Waals surface area contributed by atoms with Crippen molar-refractivity contribution >= 4 is 0 Å². The fourth-order valence-electron chi connectivity index (χ4n) is 2.96. The Kier molecular flexibility index (Phi) is 3.42. The van der Waals surface area contributed by atoms with Crippen LogP contribution in [0.15, 0.2) is 0 Å². The minimum atomic E-state index is 0.646. The standard InChI is InChI=1S/C11H22N2O/c1-13(14-2)8-10-7-9-5-3-4-6-11(9)12-10/h9-12H,3-8H2,1-2H3. The number of rotatable bonds is 3. The van der Waals surface area contributed by atoms with Gasteiger partial charge >= 0.3 is 0 Å². The van der Waals surface area contributed by atoms with E-state index in [1.165, 1.54) is 32.1 Å². The number of hydrogen-bond donors (Lipinski definition) is 1. The van der Waals surface area contributed by atoms with E-state index in [-0.39, 0.29) is 0 Å². The average molecular weight is 198 g/mol. The lowest BCUT2D eigenvalue weighted by Gasteiger charge is -2.24. The monoisotopic (exact) mass is 198 g/mol. The first kappa shape index (κ1) is 10.4. The van der Waals surface area contributed by atoms with Crippen molar-refractivity contribution in [3.63, 3.8) is 0 Å². The average Bonchev–Trinajstić information content (AvgIpc) is 2.59. The lowest BCUT2D eigenvalue weighted by molar-refractivity contribution is -0.113. The van der Waals surface area contributed by atoms with E-state index < -0.39 is 0 Å². The molecular weight excluding hydrogens is 176 g/mol. The van der Waals surface area contributed by atoms with Crippen LogP contribution in [-0.4, -0.2) is 37.8 Å². The van der Waals surface area contributed by atoms with Crippen molar-refractivity contribution < 1.29 is 4.84 Å². The highest BCUT2D eigenvalue weighted by molar-refractivity contribution is 4.93. The van der Waals surface area contributed by atoms with Gasteiger partial charge in [-0.05, 0) is 25.2 Å². The van der Waals surface area contributed by atoms with Gasteiger partial charge in [-0.2, -0.15) is 5.06 Å². The molecule has 2 fully saturated rings. The molecule has 1 saturated carbocycles. The fourth-order valence-corrected chi connectivity index (χ4v) is 2.96. The lowest BCUT2D eigenvalue weighted by Crippen LogP contribution is -2.38. The molecule has 0 aromatic heterocycles. The van der Waals surface area contributed by atoms with E-state index in [9.17, 15) is 0 Å². The summed E-state index contributed by atoms with van der Waals surface area (Å²) in [4.78, 5) is 5.16. The number of fused-ring (bicyclic) bond motifs is 1. The smallest absolute Gasteiger partial charge is 0.0575 e. The molecule has 0 aromatic rings. The first-order valence-electron chi connectivity index (χ1n) is 5.81. The van der Waals surface area contributed by atoms with E-state index in [1.807, 2.05) is 12.1 Å². The van der Waals surface area contributed by atoms with Crippen molar-refractivity contribution in [1.82, 2.24) is 10.4 Å². The third-order valence-electron chi connectivity index (χ3n) is 3.74. The third-order valence-corrected chi connectivity index (χ3v) is 3.74. The van der Waals surface area contributed by atoms with Crippen LogP contribution in [0.2, 0.25) is 0 Å². The van der Waals surface area contributed by atoms with E-state index in [0.29, 0.717) is 6.04 Å². The number of hydroxylamine groups is 2. The highest BCUT2D eigenvalue weighted by atomic mass is 16.7. The summed E-state index contributed by atoms with van der Waals surface area (Å²) in [6.07, 6.45) is 7.03. The Balaban J connectivity index is 1.80. The van der Waals surface area contributed by atoms with Crippen molar-refractivity contribution in [3.05, 3.63) is 0 Å². The maximum atomic E-state index is 5.16. The Bertz CT molecular complexity index is 172. The molecular formula is C11H22N2O. The van der Waals surface area contributed by atoms with Gasteiger partial charge < -0.3 is 10.2 Å². The van der Waals surface area contributed by atoms with Crippen LogP contribution in [0.25, 0.3) is 0 Å². The highest BCUT2D eigenvalue weighted by Crippen LogP contribution is 2.33. The molecule has 2 rings (SSSR count). The first-order valence-corrected chi connectivity index (χ1v) is 5.81. The summed E-state index contributed by atoms with van der Waals surface area (Å²) in [5.74, 6) is 0.944. The van der Waals surface area contributed by atoms with Gasteiger partial charge in [-0.25, -0.2) is 0 Å². The minimum absolute atomic E-state index is 0.646. The molecule has 2 aliphatic rings. The van der Waals surface area contributed by atoms with Gasteiger partial charge in [0.15, 0.2) is 0 Å². The van der Waals surface area contributed by atoms with E-state index in [1.54, 1.807) is 7.11 Å². The number of hydrogen-bond acceptors (Lipinski definition) is 3. The van der Waals surface area contributed by atoms with Crippen molar-refractivity contribution in [2.45, 2.75) is 44.2 Å². The second kappa shape index (κ2) is 4.60. The Morgan fingerprint density at radius 3 is 2.86 bits per heavy atom. The zero-order valence-corrected chi connectivity index (χ0v) is 9.33. The van der Waals surface area contributed by atoms with Gasteiger partial charge in [0, 0.05) is 25.7 Å². The first-order chi connectivity index (χ1) is 6.79. The predicted octanol–water partition coefficient (Wildman–Crippen LogP) is 1.40. The second-order valence-electron chi connectivity index (χ2n) is 4.74. The van der Waals surface area contributed by atoms with E-state index in [4.69, 9.17) is 4.84 Å².